The third-order valence-corrected chi connectivity index (χ3v) is 3.65. The van der Waals surface area contributed by atoms with Crippen LogP contribution in [0.5, 0.6) is 0 Å². The van der Waals surface area contributed by atoms with Crippen molar-refractivity contribution in [3.8, 4) is 0 Å². The van der Waals surface area contributed by atoms with Crippen LogP contribution >= 0.6 is 0 Å². The van der Waals surface area contributed by atoms with Gasteiger partial charge in [0.25, 0.3) is 0 Å². The molecule has 1 aliphatic rings. The molecule has 98 valence electrons. The van der Waals surface area contributed by atoms with Crippen LogP contribution in [0.4, 0.5) is 5.69 Å². The molecule has 18 heavy (non-hydrogen) atoms. The van der Waals surface area contributed by atoms with Crippen LogP contribution < -0.4 is 11.1 Å². The molecule has 2 rings (SSSR count). The van der Waals surface area contributed by atoms with Gasteiger partial charge in [-0.2, -0.15) is 0 Å². The lowest BCUT2D eigenvalue weighted by atomic mass is 9.77. The van der Waals surface area contributed by atoms with Crippen molar-refractivity contribution in [1.29, 1.82) is 0 Å². The van der Waals surface area contributed by atoms with E-state index in [2.05, 4.69) is 5.32 Å². The molecular formula is C14H20N2O2. The number of hydrogen-bond acceptors (Lipinski definition) is 3. The van der Waals surface area contributed by atoms with E-state index in [9.17, 15) is 4.79 Å². The second kappa shape index (κ2) is 5.50. The minimum atomic E-state index is -0.221. The van der Waals surface area contributed by atoms with Crippen molar-refractivity contribution in [2.75, 3.05) is 12.4 Å². The Balaban J connectivity index is 1.90. The molecule has 0 saturated heterocycles. The van der Waals surface area contributed by atoms with Gasteiger partial charge in [0.2, 0.25) is 5.91 Å². The molecule has 0 unspecified atom stereocenters. The number of methoxy groups -OCH3 is 1. The van der Waals surface area contributed by atoms with Crippen LogP contribution in [0, 0.1) is 0 Å². The summed E-state index contributed by atoms with van der Waals surface area (Å²) in [6, 6.07) is 7.59. The molecule has 3 N–H and O–H groups in total. The van der Waals surface area contributed by atoms with Gasteiger partial charge in [0.05, 0.1) is 12.0 Å². The van der Waals surface area contributed by atoms with Crippen molar-refractivity contribution < 1.29 is 9.53 Å². The Morgan fingerprint density at radius 2 is 2.06 bits per heavy atom. The highest BCUT2D eigenvalue weighted by molar-refractivity contribution is 5.91. The lowest BCUT2D eigenvalue weighted by molar-refractivity contribution is -0.129. The fourth-order valence-corrected chi connectivity index (χ4v) is 2.25. The van der Waals surface area contributed by atoms with Crippen molar-refractivity contribution in [2.24, 2.45) is 5.73 Å². The molecule has 4 nitrogen and oxygen atoms in total. The fourth-order valence-electron chi connectivity index (χ4n) is 2.25. The third kappa shape index (κ3) is 2.89. The van der Waals surface area contributed by atoms with Gasteiger partial charge in [-0.3, -0.25) is 4.79 Å². The third-order valence-electron chi connectivity index (χ3n) is 3.65. The second-order valence-electron chi connectivity index (χ2n) is 4.87. The molecule has 0 bridgehead atoms. The summed E-state index contributed by atoms with van der Waals surface area (Å²) in [5.74, 6) is 0.0112. The molecular weight excluding hydrogens is 228 g/mol. The molecule has 1 aliphatic carbocycles. The Bertz CT molecular complexity index is 405. The average molecular weight is 248 g/mol. The number of benzene rings is 1. The van der Waals surface area contributed by atoms with E-state index in [-0.39, 0.29) is 11.5 Å². The van der Waals surface area contributed by atoms with E-state index in [4.69, 9.17) is 10.5 Å². The first kappa shape index (κ1) is 13.1. The first-order valence-corrected chi connectivity index (χ1v) is 6.31. The minimum Gasteiger partial charge on any atom is -0.378 e. The molecule has 1 saturated carbocycles. The molecule has 0 heterocycles. The maximum absolute atomic E-state index is 11.9. The van der Waals surface area contributed by atoms with E-state index < -0.39 is 0 Å². The van der Waals surface area contributed by atoms with Crippen LogP contribution in [0.3, 0.4) is 0 Å². The highest BCUT2D eigenvalue weighted by atomic mass is 16.5. The topological polar surface area (TPSA) is 64.3 Å². The van der Waals surface area contributed by atoms with Gasteiger partial charge in [0, 0.05) is 19.3 Å². The molecule has 0 radical (unpaired) electrons. The Morgan fingerprint density at radius 3 is 2.50 bits per heavy atom. The van der Waals surface area contributed by atoms with Crippen molar-refractivity contribution >= 4 is 11.6 Å². The Morgan fingerprint density at radius 1 is 1.39 bits per heavy atom. The molecule has 0 aromatic heterocycles. The Hall–Kier alpha value is -1.39. The smallest absolute Gasteiger partial charge is 0.227 e. The van der Waals surface area contributed by atoms with Crippen LogP contribution in [-0.2, 0) is 16.1 Å². The van der Waals surface area contributed by atoms with E-state index in [1.807, 2.05) is 24.3 Å². The molecule has 1 fully saturated rings. The van der Waals surface area contributed by atoms with Crippen molar-refractivity contribution in [3.63, 3.8) is 0 Å². The first-order chi connectivity index (χ1) is 8.67. The van der Waals surface area contributed by atoms with Gasteiger partial charge in [-0.15, -0.1) is 0 Å². The van der Waals surface area contributed by atoms with E-state index in [0.717, 1.165) is 30.5 Å². The predicted octanol–water partition coefficient (Wildman–Crippen LogP) is 2.04. The number of anilines is 1. The van der Waals surface area contributed by atoms with Gasteiger partial charge in [-0.25, -0.2) is 0 Å². The van der Waals surface area contributed by atoms with Crippen LogP contribution in [0.1, 0.15) is 31.2 Å². The number of carbonyl (C=O) groups is 1. The van der Waals surface area contributed by atoms with Crippen molar-refractivity contribution in [1.82, 2.24) is 0 Å². The highest BCUT2D eigenvalue weighted by Gasteiger charge is 2.38. The summed E-state index contributed by atoms with van der Waals surface area (Å²) in [5.41, 5.74) is 7.17. The summed E-state index contributed by atoms with van der Waals surface area (Å²) in [6.45, 7) is 0.515. The predicted molar refractivity (Wildman–Crippen MR) is 71.2 cm³/mol. The number of hydrogen-bond donors (Lipinski definition) is 2. The molecule has 0 aliphatic heterocycles. The van der Waals surface area contributed by atoms with Gasteiger partial charge < -0.3 is 15.8 Å². The minimum absolute atomic E-state index is 0.0112. The summed E-state index contributed by atoms with van der Waals surface area (Å²) >= 11 is 0. The van der Waals surface area contributed by atoms with Crippen LogP contribution in [0.2, 0.25) is 0 Å². The van der Waals surface area contributed by atoms with E-state index >= 15 is 0 Å². The molecule has 0 spiro atoms. The largest absolute Gasteiger partial charge is 0.378 e. The zero-order valence-electron chi connectivity index (χ0n) is 10.7. The van der Waals surface area contributed by atoms with E-state index in [0.29, 0.717) is 13.0 Å². The van der Waals surface area contributed by atoms with Crippen LogP contribution in [0.15, 0.2) is 24.3 Å². The number of nitrogens with two attached hydrogens (primary N) is 1. The molecule has 0 atom stereocenters. The first-order valence-electron chi connectivity index (χ1n) is 6.31. The molecule has 1 amide bonds. The van der Waals surface area contributed by atoms with Gasteiger partial charge in [-0.05, 0) is 37.0 Å². The van der Waals surface area contributed by atoms with E-state index in [1.54, 1.807) is 7.11 Å². The lowest BCUT2D eigenvalue weighted by Crippen LogP contribution is -2.42. The van der Waals surface area contributed by atoms with E-state index in [1.165, 1.54) is 0 Å². The molecule has 4 heteroatoms. The Kier molecular flexibility index (Phi) is 3.99. The standard InChI is InChI=1S/C14H20N2O2/c1-18-14(7-2-8-14)9-13(17)16-12-5-3-11(10-15)4-6-12/h3-6H,2,7-10,15H2,1H3,(H,16,17). The summed E-state index contributed by atoms with van der Waals surface area (Å²) in [4.78, 5) is 11.9. The van der Waals surface area contributed by atoms with Gasteiger partial charge in [-0.1, -0.05) is 12.1 Å². The fraction of sp³-hybridized carbons (Fsp3) is 0.500. The molecule has 1 aromatic carbocycles. The van der Waals surface area contributed by atoms with Crippen LogP contribution in [-0.4, -0.2) is 18.6 Å². The maximum atomic E-state index is 11.9. The highest BCUT2D eigenvalue weighted by Crippen LogP contribution is 2.38. The normalized spacial score (nSPS) is 17.0. The van der Waals surface area contributed by atoms with Gasteiger partial charge >= 0.3 is 0 Å². The number of amides is 1. The summed E-state index contributed by atoms with van der Waals surface area (Å²) < 4.78 is 5.44. The SMILES string of the molecule is COC1(CC(=O)Nc2ccc(CN)cc2)CCC1. The monoisotopic (exact) mass is 248 g/mol. The zero-order valence-corrected chi connectivity index (χ0v) is 10.7. The van der Waals surface area contributed by atoms with Crippen molar-refractivity contribution in [2.45, 2.75) is 37.8 Å². The second-order valence-corrected chi connectivity index (χ2v) is 4.87. The van der Waals surface area contributed by atoms with Gasteiger partial charge in [0.1, 0.15) is 0 Å². The Labute approximate surface area is 108 Å². The number of carbonyl (C=O) groups excluding carboxylic acids is 1. The summed E-state index contributed by atoms with van der Waals surface area (Å²) in [7, 11) is 1.68. The zero-order chi connectivity index (χ0) is 13.0. The average Bonchev–Trinajstić information content (AvgIpc) is 2.35. The summed E-state index contributed by atoms with van der Waals surface area (Å²) in [6.07, 6.45) is 3.53. The quantitative estimate of drug-likeness (QED) is 0.838. The lowest BCUT2D eigenvalue weighted by Gasteiger charge is -2.39. The molecule has 1 aromatic rings. The number of rotatable bonds is 5. The maximum Gasteiger partial charge on any atom is 0.227 e. The number of nitrogens with one attached hydrogen (secondary N) is 1. The number of ether oxygens (including phenoxy) is 1. The van der Waals surface area contributed by atoms with Crippen molar-refractivity contribution in [3.05, 3.63) is 29.8 Å². The van der Waals surface area contributed by atoms with Crippen LogP contribution in [0.25, 0.3) is 0 Å². The van der Waals surface area contributed by atoms with Gasteiger partial charge in [0.15, 0.2) is 0 Å². The summed E-state index contributed by atoms with van der Waals surface area (Å²) in [5, 5.41) is 2.89.